The molecule has 0 spiro atoms. The van der Waals surface area contributed by atoms with Crippen molar-refractivity contribution in [1.82, 2.24) is 14.8 Å². The third-order valence-corrected chi connectivity index (χ3v) is 6.21. The quantitative estimate of drug-likeness (QED) is 0.396. The Morgan fingerprint density at radius 1 is 1.27 bits per heavy atom. The van der Waals surface area contributed by atoms with Crippen molar-refractivity contribution in [2.75, 3.05) is 18.5 Å². The first-order valence-corrected chi connectivity index (χ1v) is 11.7. The summed E-state index contributed by atoms with van der Waals surface area (Å²) in [4.78, 5) is 39.0. The number of hydrogen-bond donors (Lipinski definition) is 3. The van der Waals surface area contributed by atoms with E-state index in [1.165, 1.54) is 24.4 Å². The zero-order valence-corrected chi connectivity index (χ0v) is 20.3. The Balaban J connectivity index is 1.52. The van der Waals surface area contributed by atoms with Gasteiger partial charge in [0.1, 0.15) is 30.4 Å². The molecule has 2 heterocycles. The molecule has 37 heavy (non-hydrogen) atoms. The second-order valence-electron chi connectivity index (χ2n) is 8.39. The largest absolute Gasteiger partial charge is 0.489 e. The predicted molar refractivity (Wildman–Crippen MR) is 135 cm³/mol. The molecule has 0 saturated carbocycles. The van der Waals surface area contributed by atoms with Crippen LogP contribution in [0.25, 0.3) is 10.9 Å². The maximum Gasteiger partial charge on any atom is 0.323 e. The number of aromatic nitrogens is 1. The molecule has 2 atom stereocenters. The Kier molecular flexibility index (Phi) is 7.63. The second-order valence-corrected chi connectivity index (χ2v) is 8.80. The highest BCUT2D eigenvalue weighted by atomic mass is 35.5. The van der Waals surface area contributed by atoms with Gasteiger partial charge in [0.25, 0.3) is 0 Å². The Bertz CT molecular complexity index is 1380. The molecule has 0 bridgehead atoms. The zero-order chi connectivity index (χ0) is 26.7. The minimum absolute atomic E-state index is 0.0908. The molecular weight excluding hydrogens is 508 g/mol. The van der Waals surface area contributed by atoms with E-state index in [9.17, 15) is 23.2 Å². The molecule has 4 amide bonds. The van der Waals surface area contributed by atoms with Crippen LogP contribution in [0.2, 0.25) is 5.02 Å². The number of anilines is 1. The first-order chi connectivity index (χ1) is 17.7. The fourth-order valence-corrected chi connectivity index (χ4v) is 4.36. The van der Waals surface area contributed by atoms with E-state index < -0.39 is 36.0 Å². The van der Waals surface area contributed by atoms with Gasteiger partial charge in [-0.05, 0) is 18.2 Å². The van der Waals surface area contributed by atoms with Crippen LogP contribution in [0, 0.1) is 5.82 Å². The SMILES string of the molecule is C=CCOc1ccc2c(NC(=O)N3C[C@H](F)C[C@H]3C(=O)NCc3cccc(Cl)c3F)cn(C(N)=O)c2c1. The molecule has 4 rings (SSSR count). The van der Waals surface area contributed by atoms with Gasteiger partial charge in [0.05, 0.1) is 22.8 Å². The monoisotopic (exact) mass is 531 g/mol. The van der Waals surface area contributed by atoms with Crippen molar-refractivity contribution >= 4 is 46.2 Å². The molecule has 0 aliphatic carbocycles. The minimum Gasteiger partial charge on any atom is -0.489 e. The van der Waals surface area contributed by atoms with E-state index in [-0.39, 0.29) is 42.4 Å². The molecule has 194 valence electrons. The van der Waals surface area contributed by atoms with E-state index in [1.54, 1.807) is 24.3 Å². The van der Waals surface area contributed by atoms with Gasteiger partial charge in [-0.25, -0.2) is 18.4 Å². The first kappa shape index (κ1) is 26.0. The highest BCUT2D eigenvalue weighted by Crippen LogP contribution is 2.31. The van der Waals surface area contributed by atoms with E-state index in [0.29, 0.717) is 16.7 Å². The van der Waals surface area contributed by atoms with E-state index in [4.69, 9.17) is 22.1 Å². The number of primary amides is 1. The number of benzene rings is 2. The first-order valence-electron chi connectivity index (χ1n) is 11.3. The second kappa shape index (κ2) is 10.9. The lowest BCUT2D eigenvalue weighted by molar-refractivity contribution is -0.124. The number of likely N-dealkylation sites (tertiary alicyclic amines) is 1. The van der Waals surface area contributed by atoms with E-state index >= 15 is 0 Å². The number of carbonyl (C=O) groups is 3. The van der Waals surface area contributed by atoms with Gasteiger partial charge in [-0.15, -0.1) is 0 Å². The molecule has 1 saturated heterocycles. The van der Waals surface area contributed by atoms with Gasteiger partial charge >= 0.3 is 12.1 Å². The summed E-state index contributed by atoms with van der Waals surface area (Å²) in [5, 5.41) is 5.56. The van der Waals surface area contributed by atoms with Gasteiger partial charge in [0, 0.05) is 36.2 Å². The summed E-state index contributed by atoms with van der Waals surface area (Å²) in [6, 6.07) is 6.58. The van der Waals surface area contributed by atoms with Crippen molar-refractivity contribution in [2.24, 2.45) is 5.73 Å². The van der Waals surface area contributed by atoms with E-state index in [2.05, 4.69) is 17.2 Å². The maximum atomic E-state index is 14.3. The highest BCUT2D eigenvalue weighted by Gasteiger charge is 2.40. The molecule has 2 aromatic carbocycles. The fourth-order valence-electron chi connectivity index (χ4n) is 4.16. The summed E-state index contributed by atoms with van der Waals surface area (Å²) in [5.74, 6) is -0.852. The Labute approximate surface area is 215 Å². The Morgan fingerprint density at radius 3 is 2.78 bits per heavy atom. The van der Waals surface area contributed by atoms with Gasteiger partial charge in [-0.3, -0.25) is 9.36 Å². The number of nitrogens with two attached hydrogens (primary N) is 1. The lowest BCUT2D eigenvalue weighted by Crippen LogP contribution is -2.47. The third kappa shape index (κ3) is 5.51. The standard InChI is InChI=1S/C25H24ClF2N5O4/c1-2-8-37-16-6-7-17-19(13-32(24(29)35)20(17)10-16)31-25(36)33-12-15(27)9-21(33)23(34)30-11-14-4-3-5-18(26)22(14)28/h2-7,10,13,15,21H,1,8-9,11-12H2,(H2,29,35)(H,30,34)(H,31,36)/t15-,21+/m1/s1. The lowest BCUT2D eigenvalue weighted by Gasteiger charge is -2.24. The topological polar surface area (TPSA) is 119 Å². The fraction of sp³-hybridized carbons (Fsp3) is 0.240. The molecule has 9 nitrogen and oxygen atoms in total. The van der Waals surface area contributed by atoms with Crippen LogP contribution in [-0.2, 0) is 11.3 Å². The number of amides is 4. The molecular formula is C25H24ClF2N5O4. The number of nitrogens with zero attached hydrogens (tertiary/aromatic N) is 2. The number of rotatable bonds is 7. The molecule has 4 N–H and O–H groups in total. The van der Waals surface area contributed by atoms with Crippen LogP contribution in [0.4, 0.5) is 24.1 Å². The van der Waals surface area contributed by atoms with Gasteiger partial charge in [0.15, 0.2) is 0 Å². The summed E-state index contributed by atoms with van der Waals surface area (Å²) in [7, 11) is 0. The predicted octanol–water partition coefficient (Wildman–Crippen LogP) is 4.19. The van der Waals surface area contributed by atoms with Crippen LogP contribution in [0.1, 0.15) is 12.0 Å². The lowest BCUT2D eigenvalue weighted by atomic mass is 10.1. The Hall–Kier alpha value is -4.12. The van der Waals surface area contributed by atoms with Crippen molar-refractivity contribution < 1.29 is 27.9 Å². The van der Waals surface area contributed by atoms with Crippen molar-refractivity contribution in [3.8, 4) is 5.75 Å². The number of halogens is 3. The summed E-state index contributed by atoms with van der Waals surface area (Å²) in [6.07, 6.45) is 1.25. The van der Waals surface area contributed by atoms with Crippen molar-refractivity contribution in [2.45, 2.75) is 25.2 Å². The van der Waals surface area contributed by atoms with Gasteiger partial charge in [-0.1, -0.05) is 36.4 Å². The molecule has 1 fully saturated rings. The smallest absolute Gasteiger partial charge is 0.323 e. The van der Waals surface area contributed by atoms with Gasteiger partial charge in [0.2, 0.25) is 5.91 Å². The number of fused-ring (bicyclic) bond motifs is 1. The zero-order valence-electron chi connectivity index (χ0n) is 19.5. The molecule has 3 aromatic rings. The molecule has 1 aliphatic heterocycles. The van der Waals surface area contributed by atoms with E-state index in [1.807, 2.05) is 0 Å². The third-order valence-electron chi connectivity index (χ3n) is 5.92. The van der Waals surface area contributed by atoms with Crippen molar-refractivity contribution in [3.63, 3.8) is 0 Å². The summed E-state index contributed by atoms with van der Waals surface area (Å²) >= 11 is 5.77. The van der Waals surface area contributed by atoms with Crippen LogP contribution >= 0.6 is 11.6 Å². The average molecular weight is 532 g/mol. The molecule has 1 aliphatic rings. The number of nitrogens with one attached hydrogen (secondary N) is 2. The minimum atomic E-state index is -1.43. The maximum absolute atomic E-state index is 14.3. The summed E-state index contributed by atoms with van der Waals surface area (Å²) < 4.78 is 35.1. The van der Waals surface area contributed by atoms with Gasteiger partial charge < -0.3 is 26.0 Å². The normalized spacial score (nSPS) is 17.0. The number of hydrogen-bond acceptors (Lipinski definition) is 4. The average Bonchev–Trinajstić information content (AvgIpc) is 3.44. The van der Waals surface area contributed by atoms with Crippen molar-refractivity contribution in [1.29, 1.82) is 0 Å². The van der Waals surface area contributed by atoms with Crippen LogP contribution in [-0.4, -0.2) is 52.8 Å². The van der Waals surface area contributed by atoms with Crippen molar-refractivity contribution in [3.05, 3.63) is 71.7 Å². The number of ether oxygens (including phenoxy) is 1. The van der Waals surface area contributed by atoms with E-state index in [0.717, 1.165) is 9.47 Å². The van der Waals surface area contributed by atoms with Crippen LogP contribution in [0.5, 0.6) is 5.75 Å². The molecule has 0 radical (unpaired) electrons. The Morgan fingerprint density at radius 2 is 2.05 bits per heavy atom. The number of alkyl halides is 1. The van der Waals surface area contributed by atoms with Crippen LogP contribution in [0.15, 0.2) is 55.3 Å². The number of urea groups is 1. The number of carbonyl (C=O) groups excluding carboxylic acids is 3. The summed E-state index contributed by atoms with van der Waals surface area (Å²) in [6.45, 7) is 3.33. The molecule has 12 heteroatoms. The highest BCUT2D eigenvalue weighted by molar-refractivity contribution is 6.30. The van der Waals surface area contributed by atoms with Crippen LogP contribution < -0.4 is 21.1 Å². The molecule has 1 aromatic heterocycles. The van der Waals surface area contributed by atoms with Crippen LogP contribution in [0.3, 0.4) is 0 Å². The van der Waals surface area contributed by atoms with Gasteiger partial charge in [-0.2, -0.15) is 0 Å². The summed E-state index contributed by atoms with van der Waals surface area (Å²) in [5.41, 5.74) is 6.25. The molecule has 0 unspecified atom stereocenters.